The summed E-state index contributed by atoms with van der Waals surface area (Å²) in [6.45, 7) is 7.50. The average Bonchev–Trinajstić information content (AvgIpc) is 2.88. The van der Waals surface area contributed by atoms with E-state index in [1.165, 1.54) is 0 Å². The fraction of sp³-hybridized carbons (Fsp3) is 0.560. The van der Waals surface area contributed by atoms with Crippen molar-refractivity contribution in [3.63, 3.8) is 0 Å². The number of aryl methyl sites for hydroxylation is 1. The Labute approximate surface area is 201 Å². The Morgan fingerprint density at radius 1 is 0.941 bits per heavy atom. The van der Waals surface area contributed by atoms with Crippen molar-refractivity contribution < 1.29 is 19.0 Å². The highest BCUT2D eigenvalue weighted by Gasteiger charge is 2.31. The molecular weight excluding hydrogens is 434 g/mol. The van der Waals surface area contributed by atoms with Gasteiger partial charge >= 0.3 is 0 Å². The van der Waals surface area contributed by atoms with E-state index in [0.717, 1.165) is 75.9 Å². The first-order valence-corrected chi connectivity index (χ1v) is 11.9. The molecule has 184 valence electrons. The standard InChI is InChI=1S/C25H35N5O4/c1-18-7-10-26-25(27-18)30-11-8-19(9-12-30)24(31)29-15-13-28(14-16-29)17-20-5-6-21(32-2)23(34-4)22(20)33-3/h5-7,10,19H,8-9,11-17H2,1-4H3. The van der Waals surface area contributed by atoms with Gasteiger partial charge in [0.2, 0.25) is 17.6 Å². The fourth-order valence-electron chi connectivity index (χ4n) is 4.83. The number of piperidine rings is 1. The van der Waals surface area contributed by atoms with Crippen molar-refractivity contribution in [2.75, 3.05) is 65.5 Å². The Hall–Kier alpha value is -3.07. The van der Waals surface area contributed by atoms with Crippen LogP contribution < -0.4 is 19.1 Å². The minimum absolute atomic E-state index is 0.0820. The molecule has 1 amide bonds. The second kappa shape index (κ2) is 10.9. The number of ether oxygens (including phenoxy) is 3. The van der Waals surface area contributed by atoms with Crippen molar-refractivity contribution in [2.24, 2.45) is 5.92 Å². The van der Waals surface area contributed by atoms with Crippen LogP contribution >= 0.6 is 0 Å². The molecule has 0 radical (unpaired) electrons. The van der Waals surface area contributed by atoms with E-state index >= 15 is 0 Å². The Balaban J connectivity index is 1.29. The monoisotopic (exact) mass is 469 g/mol. The second-order valence-corrected chi connectivity index (χ2v) is 8.85. The lowest BCUT2D eigenvalue weighted by Crippen LogP contribution is -2.51. The zero-order chi connectivity index (χ0) is 24.1. The normalized spacial score (nSPS) is 17.5. The van der Waals surface area contributed by atoms with E-state index < -0.39 is 0 Å². The molecule has 2 fully saturated rings. The van der Waals surface area contributed by atoms with Crippen LogP contribution in [0.2, 0.25) is 0 Å². The number of rotatable bonds is 7. The van der Waals surface area contributed by atoms with E-state index in [4.69, 9.17) is 14.2 Å². The third kappa shape index (κ3) is 5.19. The summed E-state index contributed by atoms with van der Waals surface area (Å²) in [5.41, 5.74) is 2.01. The van der Waals surface area contributed by atoms with Gasteiger partial charge in [-0.05, 0) is 31.9 Å². The molecule has 2 aliphatic heterocycles. The van der Waals surface area contributed by atoms with Gasteiger partial charge in [-0.1, -0.05) is 6.07 Å². The number of hydrogen-bond donors (Lipinski definition) is 0. The summed E-state index contributed by atoms with van der Waals surface area (Å²) in [5.74, 6) is 3.10. The van der Waals surface area contributed by atoms with Crippen LogP contribution in [0.1, 0.15) is 24.1 Å². The van der Waals surface area contributed by atoms with Gasteiger partial charge in [-0.2, -0.15) is 0 Å². The number of methoxy groups -OCH3 is 3. The maximum atomic E-state index is 13.2. The maximum absolute atomic E-state index is 13.2. The number of benzene rings is 1. The zero-order valence-corrected chi connectivity index (χ0v) is 20.6. The Morgan fingerprint density at radius 2 is 1.65 bits per heavy atom. The van der Waals surface area contributed by atoms with Crippen LogP contribution in [-0.4, -0.2) is 86.3 Å². The minimum Gasteiger partial charge on any atom is -0.493 e. The molecule has 9 heteroatoms. The molecule has 3 heterocycles. The number of aromatic nitrogens is 2. The highest BCUT2D eigenvalue weighted by molar-refractivity contribution is 5.79. The molecule has 2 aromatic rings. The topological polar surface area (TPSA) is 80.3 Å². The molecule has 4 rings (SSSR count). The van der Waals surface area contributed by atoms with Gasteiger partial charge in [0.15, 0.2) is 11.5 Å². The second-order valence-electron chi connectivity index (χ2n) is 8.85. The van der Waals surface area contributed by atoms with E-state index in [1.54, 1.807) is 27.5 Å². The Kier molecular flexibility index (Phi) is 7.72. The molecule has 2 saturated heterocycles. The molecule has 9 nitrogen and oxygen atoms in total. The molecular formula is C25H35N5O4. The van der Waals surface area contributed by atoms with E-state index in [0.29, 0.717) is 17.2 Å². The average molecular weight is 470 g/mol. The van der Waals surface area contributed by atoms with Gasteiger partial charge in [0.05, 0.1) is 21.3 Å². The summed E-state index contributed by atoms with van der Waals surface area (Å²) in [4.78, 5) is 28.7. The van der Waals surface area contributed by atoms with Crippen molar-refractivity contribution >= 4 is 11.9 Å². The lowest BCUT2D eigenvalue weighted by molar-refractivity contribution is -0.138. The maximum Gasteiger partial charge on any atom is 0.225 e. The van der Waals surface area contributed by atoms with Crippen LogP contribution in [0.15, 0.2) is 24.4 Å². The van der Waals surface area contributed by atoms with Crippen LogP contribution in [0.4, 0.5) is 5.95 Å². The van der Waals surface area contributed by atoms with Gasteiger partial charge in [-0.15, -0.1) is 0 Å². The molecule has 34 heavy (non-hydrogen) atoms. The molecule has 0 aliphatic carbocycles. The van der Waals surface area contributed by atoms with E-state index in [-0.39, 0.29) is 11.8 Å². The number of piperazine rings is 1. The first kappa shape index (κ1) is 24.1. The van der Waals surface area contributed by atoms with Crippen LogP contribution in [0.5, 0.6) is 17.2 Å². The quantitative estimate of drug-likeness (QED) is 0.612. The largest absolute Gasteiger partial charge is 0.493 e. The van der Waals surface area contributed by atoms with Gasteiger partial charge in [-0.25, -0.2) is 9.97 Å². The molecule has 0 N–H and O–H groups in total. The van der Waals surface area contributed by atoms with Crippen LogP contribution in [-0.2, 0) is 11.3 Å². The van der Waals surface area contributed by atoms with Gasteiger partial charge in [0.1, 0.15) is 0 Å². The number of carbonyl (C=O) groups excluding carboxylic acids is 1. The summed E-state index contributed by atoms with van der Waals surface area (Å²) >= 11 is 0. The SMILES string of the molecule is COc1ccc(CN2CCN(C(=O)C3CCN(c4nccc(C)n4)CC3)CC2)c(OC)c1OC. The third-order valence-electron chi connectivity index (χ3n) is 6.77. The smallest absolute Gasteiger partial charge is 0.225 e. The predicted molar refractivity (Wildman–Crippen MR) is 130 cm³/mol. The highest BCUT2D eigenvalue weighted by atomic mass is 16.5. The lowest BCUT2D eigenvalue weighted by Gasteiger charge is -2.38. The summed E-state index contributed by atoms with van der Waals surface area (Å²) in [5, 5.41) is 0. The number of anilines is 1. The minimum atomic E-state index is 0.0820. The summed E-state index contributed by atoms with van der Waals surface area (Å²) in [6, 6.07) is 5.83. The predicted octanol–water partition coefficient (Wildman–Crippen LogP) is 2.37. The van der Waals surface area contributed by atoms with Gasteiger partial charge in [0, 0.05) is 69.2 Å². The molecule has 1 aromatic heterocycles. The van der Waals surface area contributed by atoms with E-state index in [2.05, 4.69) is 19.8 Å². The van der Waals surface area contributed by atoms with Gasteiger partial charge in [-0.3, -0.25) is 9.69 Å². The van der Waals surface area contributed by atoms with Crippen LogP contribution in [0.3, 0.4) is 0 Å². The van der Waals surface area contributed by atoms with Crippen molar-refractivity contribution in [1.29, 1.82) is 0 Å². The molecule has 0 bridgehead atoms. The summed E-state index contributed by atoms with van der Waals surface area (Å²) < 4.78 is 16.5. The van der Waals surface area contributed by atoms with Crippen molar-refractivity contribution in [3.8, 4) is 17.2 Å². The number of hydrogen-bond acceptors (Lipinski definition) is 8. The molecule has 0 spiro atoms. The molecule has 0 saturated carbocycles. The van der Waals surface area contributed by atoms with Gasteiger partial charge < -0.3 is 24.0 Å². The van der Waals surface area contributed by atoms with E-state index in [1.807, 2.05) is 30.0 Å². The number of amides is 1. The number of carbonyl (C=O) groups is 1. The number of nitrogens with zero attached hydrogens (tertiary/aromatic N) is 5. The third-order valence-corrected chi connectivity index (χ3v) is 6.77. The van der Waals surface area contributed by atoms with Crippen molar-refractivity contribution in [2.45, 2.75) is 26.3 Å². The molecule has 0 atom stereocenters. The molecule has 1 aromatic carbocycles. The molecule has 0 unspecified atom stereocenters. The summed E-state index contributed by atoms with van der Waals surface area (Å²) in [7, 11) is 4.88. The molecule has 2 aliphatic rings. The Morgan fingerprint density at radius 3 is 2.26 bits per heavy atom. The first-order chi connectivity index (χ1) is 16.5. The zero-order valence-electron chi connectivity index (χ0n) is 20.6. The van der Waals surface area contributed by atoms with Crippen molar-refractivity contribution in [3.05, 3.63) is 35.7 Å². The lowest BCUT2D eigenvalue weighted by atomic mass is 9.95. The van der Waals surface area contributed by atoms with Crippen LogP contribution in [0, 0.1) is 12.8 Å². The highest BCUT2D eigenvalue weighted by Crippen LogP contribution is 2.40. The van der Waals surface area contributed by atoms with Gasteiger partial charge in [0.25, 0.3) is 0 Å². The van der Waals surface area contributed by atoms with Crippen molar-refractivity contribution in [1.82, 2.24) is 19.8 Å². The fourth-order valence-corrected chi connectivity index (χ4v) is 4.83. The van der Waals surface area contributed by atoms with E-state index in [9.17, 15) is 4.79 Å². The summed E-state index contributed by atoms with van der Waals surface area (Å²) in [6.07, 6.45) is 3.49. The first-order valence-electron chi connectivity index (χ1n) is 11.9. The van der Waals surface area contributed by atoms with Crippen LogP contribution in [0.25, 0.3) is 0 Å². The Bertz CT molecular complexity index is 985.